The smallest absolute Gasteiger partial charge is 0.259 e. The van der Waals surface area contributed by atoms with Crippen LogP contribution in [-0.4, -0.2) is 33.7 Å². The molecule has 2 aromatic heterocycles. The lowest BCUT2D eigenvalue weighted by Crippen LogP contribution is -2.37. The van der Waals surface area contributed by atoms with E-state index in [9.17, 15) is 13.2 Å². The number of aryl methyl sites for hydroxylation is 1. The summed E-state index contributed by atoms with van der Waals surface area (Å²) in [6.07, 6.45) is 4.61. The first-order valence-corrected chi connectivity index (χ1v) is 10.5. The van der Waals surface area contributed by atoms with Gasteiger partial charge in [0, 0.05) is 25.3 Å². The molecule has 2 heterocycles. The van der Waals surface area contributed by atoms with Crippen LogP contribution in [0.4, 0.5) is 13.2 Å². The minimum absolute atomic E-state index is 0.0000283. The van der Waals surface area contributed by atoms with Crippen molar-refractivity contribution in [2.24, 2.45) is 0 Å². The number of halogens is 3. The van der Waals surface area contributed by atoms with E-state index in [4.69, 9.17) is 9.47 Å². The number of nitrogens with zero attached hydrogens (tertiary/aromatic N) is 3. The summed E-state index contributed by atoms with van der Waals surface area (Å²) in [6, 6.07) is 8.28. The molecular formula is C23H24F3N3O2. The average Bonchev–Trinajstić information content (AvgIpc) is 3.19. The third-order valence-electron chi connectivity index (χ3n) is 6.73. The second-order valence-corrected chi connectivity index (χ2v) is 8.60. The minimum atomic E-state index is -2.69. The lowest BCUT2D eigenvalue weighted by Gasteiger charge is -2.39. The molecule has 164 valence electrons. The second kappa shape index (κ2) is 7.22. The number of benzene rings is 1. The van der Waals surface area contributed by atoms with Gasteiger partial charge in [-0.3, -0.25) is 4.40 Å². The second-order valence-electron chi connectivity index (χ2n) is 8.60. The molecule has 5 rings (SSSR count). The van der Waals surface area contributed by atoms with E-state index in [1.165, 1.54) is 12.1 Å². The lowest BCUT2D eigenvalue weighted by molar-refractivity contribution is -0.0650. The van der Waals surface area contributed by atoms with E-state index in [0.29, 0.717) is 17.2 Å². The molecule has 0 unspecified atom stereocenters. The van der Waals surface area contributed by atoms with Gasteiger partial charge in [-0.2, -0.15) is 0 Å². The molecule has 0 amide bonds. The van der Waals surface area contributed by atoms with Gasteiger partial charge in [0.25, 0.3) is 5.92 Å². The van der Waals surface area contributed by atoms with Gasteiger partial charge in [-0.1, -0.05) is 12.1 Å². The van der Waals surface area contributed by atoms with Crippen LogP contribution in [0.15, 0.2) is 36.5 Å². The fourth-order valence-electron chi connectivity index (χ4n) is 4.66. The molecular weight excluding hydrogens is 407 g/mol. The van der Waals surface area contributed by atoms with E-state index in [0.717, 1.165) is 36.8 Å². The molecule has 2 saturated carbocycles. The Bertz CT molecular complexity index is 1110. The molecule has 3 aromatic rings. The van der Waals surface area contributed by atoms with Gasteiger partial charge in [-0.25, -0.2) is 13.2 Å². The van der Waals surface area contributed by atoms with Crippen LogP contribution < -0.4 is 4.74 Å². The third kappa shape index (κ3) is 3.46. The number of alkyl halides is 2. The summed E-state index contributed by atoms with van der Waals surface area (Å²) < 4.78 is 54.0. The van der Waals surface area contributed by atoms with Crippen LogP contribution in [0, 0.1) is 12.7 Å². The van der Waals surface area contributed by atoms with Crippen molar-refractivity contribution in [3.63, 3.8) is 0 Å². The maximum absolute atomic E-state index is 13.5. The zero-order valence-corrected chi connectivity index (χ0v) is 17.4. The SMILES string of the molecule is CO[C@]1(c2ccc(F)cc2)CC[C@H](Oc2ccn3c([C@@H]4CC4(F)F)nnc3c2C)CC1. The van der Waals surface area contributed by atoms with Crippen LogP contribution in [0.5, 0.6) is 5.75 Å². The zero-order chi connectivity index (χ0) is 21.8. The summed E-state index contributed by atoms with van der Waals surface area (Å²) in [7, 11) is 1.69. The normalized spacial score (nSPS) is 27.4. The molecule has 31 heavy (non-hydrogen) atoms. The molecule has 0 saturated heterocycles. The average molecular weight is 431 g/mol. The summed E-state index contributed by atoms with van der Waals surface area (Å²) in [5, 5.41) is 8.14. The van der Waals surface area contributed by atoms with Crippen molar-refractivity contribution in [1.29, 1.82) is 0 Å². The summed E-state index contributed by atoms with van der Waals surface area (Å²) in [5.74, 6) is -2.82. The highest BCUT2D eigenvalue weighted by Gasteiger charge is 2.60. The predicted octanol–water partition coefficient (Wildman–Crippen LogP) is 5.16. The number of hydrogen-bond donors (Lipinski definition) is 0. The first-order chi connectivity index (χ1) is 14.8. The van der Waals surface area contributed by atoms with Crippen molar-refractivity contribution in [2.45, 2.75) is 62.6 Å². The van der Waals surface area contributed by atoms with Gasteiger partial charge >= 0.3 is 0 Å². The molecule has 8 heteroatoms. The van der Waals surface area contributed by atoms with Gasteiger partial charge in [0.15, 0.2) is 5.65 Å². The minimum Gasteiger partial charge on any atom is -0.490 e. The molecule has 2 aliphatic carbocycles. The number of hydrogen-bond acceptors (Lipinski definition) is 4. The van der Waals surface area contributed by atoms with E-state index >= 15 is 0 Å². The fraction of sp³-hybridized carbons (Fsp3) is 0.478. The maximum atomic E-state index is 13.5. The molecule has 1 atom stereocenters. The van der Waals surface area contributed by atoms with Crippen molar-refractivity contribution in [3.8, 4) is 5.75 Å². The number of rotatable bonds is 5. The Morgan fingerprint density at radius 3 is 2.35 bits per heavy atom. The fourth-order valence-corrected chi connectivity index (χ4v) is 4.66. The summed E-state index contributed by atoms with van der Waals surface area (Å²) in [5.41, 5.74) is 1.86. The zero-order valence-electron chi connectivity index (χ0n) is 17.4. The summed E-state index contributed by atoms with van der Waals surface area (Å²) in [4.78, 5) is 0. The molecule has 0 bridgehead atoms. The summed E-state index contributed by atoms with van der Waals surface area (Å²) in [6.45, 7) is 1.87. The molecule has 2 aliphatic rings. The van der Waals surface area contributed by atoms with E-state index in [1.807, 2.05) is 6.92 Å². The number of pyridine rings is 1. The van der Waals surface area contributed by atoms with Crippen LogP contribution in [0.1, 0.15) is 55.0 Å². The van der Waals surface area contributed by atoms with Crippen molar-refractivity contribution in [2.75, 3.05) is 7.11 Å². The Hall–Kier alpha value is -2.61. The molecule has 0 spiro atoms. The Morgan fingerprint density at radius 2 is 1.74 bits per heavy atom. The largest absolute Gasteiger partial charge is 0.490 e. The number of methoxy groups -OCH3 is 1. The molecule has 0 N–H and O–H groups in total. The van der Waals surface area contributed by atoms with Crippen LogP contribution in [0.25, 0.3) is 5.65 Å². The maximum Gasteiger partial charge on any atom is 0.259 e. The lowest BCUT2D eigenvalue weighted by atomic mass is 9.78. The number of aromatic nitrogens is 3. The van der Waals surface area contributed by atoms with Gasteiger partial charge in [-0.05, 0) is 56.4 Å². The van der Waals surface area contributed by atoms with Gasteiger partial charge in [0.2, 0.25) is 0 Å². The monoisotopic (exact) mass is 431 g/mol. The van der Waals surface area contributed by atoms with Gasteiger partial charge in [0.1, 0.15) is 17.4 Å². The topological polar surface area (TPSA) is 48.7 Å². The van der Waals surface area contributed by atoms with Gasteiger partial charge in [-0.15, -0.1) is 10.2 Å². The van der Waals surface area contributed by atoms with Crippen LogP contribution in [0.3, 0.4) is 0 Å². The van der Waals surface area contributed by atoms with Crippen molar-refractivity contribution < 1.29 is 22.6 Å². The van der Waals surface area contributed by atoms with Crippen molar-refractivity contribution in [3.05, 3.63) is 59.3 Å². The first-order valence-electron chi connectivity index (χ1n) is 10.5. The Labute approximate surface area is 178 Å². The number of ether oxygens (including phenoxy) is 2. The first kappa shape index (κ1) is 20.3. The third-order valence-corrected chi connectivity index (χ3v) is 6.73. The molecule has 1 aromatic carbocycles. The highest BCUT2D eigenvalue weighted by molar-refractivity contribution is 5.54. The van der Waals surface area contributed by atoms with Crippen LogP contribution in [0.2, 0.25) is 0 Å². The van der Waals surface area contributed by atoms with E-state index in [2.05, 4.69) is 10.2 Å². The molecule has 2 fully saturated rings. The standard InChI is InChI=1S/C23H24F3N3O2/c1-14-19(9-12-29-20(14)27-28-21(29)18-13-23(18,25)26)31-17-7-10-22(30-2,11-8-17)15-3-5-16(24)6-4-15/h3-6,9,12,17-18H,7-8,10-11,13H2,1-2H3/t17-,18-,22+/m0/s1. The summed E-state index contributed by atoms with van der Waals surface area (Å²) >= 11 is 0. The highest BCUT2D eigenvalue weighted by Crippen LogP contribution is 2.55. The van der Waals surface area contributed by atoms with E-state index in [1.54, 1.807) is 35.9 Å². The molecule has 0 radical (unpaired) electrons. The quantitative estimate of drug-likeness (QED) is 0.560. The Morgan fingerprint density at radius 1 is 1.06 bits per heavy atom. The van der Waals surface area contributed by atoms with Crippen molar-refractivity contribution in [1.82, 2.24) is 14.6 Å². The van der Waals surface area contributed by atoms with Crippen molar-refractivity contribution >= 4 is 5.65 Å². The van der Waals surface area contributed by atoms with Crippen LogP contribution >= 0.6 is 0 Å². The molecule has 5 nitrogen and oxygen atoms in total. The Balaban J connectivity index is 1.31. The number of fused-ring (bicyclic) bond motifs is 1. The van der Waals surface area contributed by atoms with Gasteiger partial charge in [0.05, 0.1) is 17.6 Å². The Kier molecular flexibility index (Phi) is 4.73. The highest BCUT2D eigenvalue weighted by atomic mass is 19.3. The van der Waals surface area contributed by atoms with Gasteiger partial charge < -0.3 is 9.47 Å². The van der Waals surface area contributed by atoms with Crippen LogP contribution in [-0.2, 0) is 10.3 Å². The predicted molar refractivity (Wildman–Crippen MR) is 108 cm³/mol. The van der Waals surface area contributed by atoms with E-state index < -0.39 is 17.4 Å². The van der Waals surface area contributed by atoms with E-state index in [-0.39, 0.29) is 18.3 Å². The molecule has 0 aliphatic heterocycles.